The van der Waals surface area contributed by atoms with Gasteiger partial charge >= 0.3 is 0 Å². The summed E-state index contributed by atoms with van der Waals surface area (Å²) in [5.41, 5.74) is 0.522. The fourth-order valence-electron chi connectivity index (χ4n) is 6.48. The lowest BCUT2D eigenvalue weighted by Crippen LogP contribution is -2.47. The van der Waals surface area contributed by atoms with Crippen LogP contribution in [0.2, 0.25) is 0 Å². The van der Waals surface area contributed by atoms with E-state index in [2.05, 4.69) is 16.7 Å². The first-order valence-electron chi connectivity index (χ1n) is 12.7. The van der Waals surface area contributed by atoms with Crippen molar-refractivity contribution >= 4 is 11.8 Å². The Hall–Kier alpha value is -1.10. The summed E-state index contributed by atoms with van der Waals surface area (Å²) in [7, 11) is 0. The van der Waals surface area contributed by atoms with Crippen molar-refractivity contribution in [2.75, 3.05) is 45.8 Å². The Morgan fingerprint density at radius 3 is 1.93 bits per heavy atom. The molecule has 0 radical (unpaired) electrons. The molecule has 5 heteroatoms. The standard InChI is InChI=1S/C25H43N3O2/c1-20-5-15-28(16-6-20)24(30)23-7-13-26(14-8-23)19-22-3-9-25(10-4-22)11-17-27(18-12-25)21(2)29/h20,22-23H,3-19H2,1-2H3. The Kier molecular flexibility index (Phi) is 7.06. The molecule has 1 spiro atoms. The first-order chi connectivity index (χ1) is 14.4. The molecule has 2 amide bonds. The monoisotopic (exact) mass is 417 g/mol. The van der Waals surface area contributed by atoms with Crippen LogP contribution in [0.3, 0.4) is 0 Å². The molecule has 3 heterocycles. The van der Waals surface area contributed by atoms with Crippen molar-refractivity contribution in [2.24, 2.45) is 23.2 Å². The molecule has 30 heavy (non-hydrogen) atoms. The van der Waals surface area contributed by atoms with Crippen LogP contribution < -0.4 is 0 Å². The molecule has 0 aromatic rings. The van der Waals surface area contributed by atoms with Crippen molar-refractivity contribution in [1.29, 1.82) is 0 Å². The van der Waals surface area contributed by atoms with Gasteiger partial charge in [-0.2, -0.15) is 0 Å². The van der Waals surface area contributed by atoms with Gasteiger partial charge in [0.05, 0.1) is 0 Å². The zero-order valence-corrected chi connectivity index (χ0v) is 19.4. The van der Waals surface area contributed by atoms with E-state index in [1.165, 1.54) is 57.9 Å². The molecule has 5 nitrogen and oxygen atoms in total. The highest BCUT2D eigenvalue weighted by Crippen LogP contribution is 2.46. The number of likely N-dealkylation sites (tertiary alicyclic amines) is 3. The summed E-state index contributed by atoms with van der Waals surface area (Å²) >= 11 is 0. The third-order valence-corrected chi connectivity index (χ3v) is 8.98. The predicted molar refractivity (Wildman–Crippen MR) is 120 cm³/mol. The zero-order chi connectivity index (χ0) is 21.1. The first kappa shape index (κ1) is 22.1. The van der Waals surface area contributed by atoms with Crippen LogP contribution in [0, 0.1) is 23.2 Å². The predicted octanol–water partition coefficient (Wildman–Crippen LogP) is 3.78. The molecule has 0 atom stereocenters. The number of rotatable bonds is 3. The van der Waals surface area contributed by atoms with E-state index in [9.17, 15) is 9.59 Å². The minimum Gasteiger partial charge on any atom is -0.343 e. The van der Waals surface area contributed by atoms with Crippen molar-refractivity contribution in [1.82, 2.24) is 14.7 Å². The topological polar surface area (TPSA) is 43.9 Å². The molecule has 3 saturated heterocycles. The van der Waals surface area contributed by atoms with Gasteiger partial charge in [-0.05, 0) is 94.5 Å². The van der Waals surface area contributed by atoms with Crippen LogP contribution in [-0.2, 0) is 9.59 Å². The van der Waals surface area contributed by atoms with Gasteiger partial charge in [-0.25, -0.2) is 0 Å². The summed E-state index contributed by atoms with van der Waals surface area (Å²) < 4.78 is 0. The molecular weight excluding hydrogens is 374 g/mol. The van der Waals surface area contributed by atoms with E-state index in [1.807, 2.05) is 4.90 Å². The number of nitrogens with zero attached hydrogens (tertiary/aromatic N) is 3. The lowest BCUT2D eigenvalue weighted by molar-refractivity contribution is -0.138. The third-order valence-electron chi connectivity index (χ3n) is 8.98. The molecule has 170 valence electrons. The van der Waals surface area contributed by atoms with Crippen LogP contribution in [0.1, 0.15) is 78.1 Å². The van der Waals surface area contributed by atoms with Crippen LogP contribution in [0.5, 0.6) is 0 Å². The van der Waals surface area contributed by atoms with Gasteiger partial charge in [-0.15, -0.1) is 0 Å². The minimum atomic E-state index is 0.246. The van der Waals surface area contributed by atoms with Gasteiger partial charge < -0.3 is 14.7 Å². The molecule has 0 aromatic heterocycles. The van der Waals surface area contributed by atoms with Crippen molar-refractivity contribution in [3.63, 3.8) is 0 Å². The third kappa shape index (κ3) is 5.20. The maximum absolute atomic E-state index is 12.9. The smallest absolute Gasteiger partial charge is 0.225 e. The largest absolute Gasteiger partial charge is 0.343 e. The van der Waals surface area contributed by atoms with E-state index >= 15 is 0 Å². The number of carbonyl (C=O) groups excluding carboxylic acids is 2. The van der Waals surface area contributed by atoms with Gasteiger partial charge in [-0.3, -0.25) is 9.59 Å². The van der Waals surface area contributed by atoms with Crippen LogP contribution in [0.15, 0.2) is 0 Å². The fraction of sp³-hybridized carbons (Fsp3) is 0.920. The van der Waals surface area contributed by atoms with Crippen LogP contribution in [0.4, 0.5) is 0 Å². The molecule has 4 fully saturated rings. The molecule has 1 aliphatic carbocycles. The van der Waals surface area contributed by atoms with Crippen LogP contribution in [-0.4, -0.2) is 72.3 Å². The van der Waals surface area contributed by atoms with Crippen molar-refractivity contribution in [3.8, 4) is 0 Å². The Balaban J connectivity index is 1.16. The van der Waals surface area contributed by atoms with Gasteiger partial charge in [0.2, 0.25) is 11.8 Å². The number of piperidine rings is 3. The highest BCUT2D eigenvalue weighted by Gasteiger charge is 2.39. The number of hydrogen-bond acceptors (Lipinski definition) is 3. The lowest BCUT2D eigenvalue weighted by atomic mass is 9.65. The normalized spacial score (nSPS) is 27.5. The zero-order valence-electron chi connectivity index (χ0n) is 19.4. The van der Waals surface area contributed by atoms with Crippen molar-refractivity contribution in [2.45, 2.75) is 78.1 Å². The molecule has 4 rings (SSSR count). The molecule has 3 aliphatic heterocycles. The first-order valence-corrected chi connectivity index (χ1v) is 12.7. The molecule has 0 aromatic carbocycles. The van der Waals surface area contributed by atoms with E-state index in [0.29, 0.717) is 11.3 Å². The van der Waals surface area contributed by atoms with Gasteiger partial charge in [0.25, 0.3) is 0 Å². The molecule has 0 N–H and O–H groups in total. The SMILES string of the molecule is CC(=O)N1CCC2(CCC(CN3CCC(C(=O)N4CCC(C)CC4)CC3)CC2)CC1. The van der Waals surface area contributed by atoms with Crippen LogP contribution >= 0.6 is 0 Å². The van der Waals surface area contributed by atoms with Crippen molar-refractivity contribution < 1.29 is 9.59 Å². The molecule has 4 aliphatic rings. The Bertz CT molecular complexity index is 588. The van der Waals surface area contributed by atoms with E-state index in [0.717, 1.165) is 63.9 Å². The van der Waals surface area contributed by atoms with E-state index in [4.69, 9.17) is 0 Å². The summed E-state index contributed by atoms with van der Waals surface area (Å²) in [6.45, 7) is 11.4. The molecule has 0 bridgehead atoms. The van der Waals surface area contributed by atoms with Crippen LogP contribution in [0.25, 0.3) is 0 Å². The number of carbonyl (C=O) groups is 2. The maximum Gasteiger partial charge on any atom is 0.225 e. The summed E-state index contributed by atoms with van der Waals surface area (Å²) in [4.78, 5) is 31.3. The van der Waals surface area contributed by atoms with Gasteiger partial charge in [0, 0.05) is 45.6 Å². The second-order valence-corrected chi connectivity index (χ2v) is 11.0. The van der Waals surface area contributed by atoms with E-state index in [1.54, 1.807) is 6.92 Å². The second kappa shape index (κ2) is 9.58. The molecular formula is C25H43N3O2. The molecule has 0 unspecified atom stereocenters. The number of amides is 2. The van der Waals surface area contributed by atoms with Gasteiger partial charge in [-0.1, -0.05) is 6.92 Å². The lowest BCUT2D eigenvalue weighted by Gasteiger charge is -2.46. The van der Waals surface area contributed by atoms with E-state index < -0.39 is 0 Å². The highest BCUT2D eigenvalue weighted by atomic mass is 16.2. The average Bonchev–Trinajstić information content (AvgIpc) is 2.76. The van der Waals surface area contributed by atoms with Gasteiger partial charge in [0.1, 0.15) is 0 Å². The Morgan fingerprint density at radius 2 is 1.37 bits per heavy atom. The second-order valence-electron chi connectivity index (χ2n) is 11.0. The Labute approximate surface area is 183 Å². The summed E-state index contributed by atoms with van der Waals surface area (Å²) in [5, 5.41) is 0. The van der Waals surface area contributed by atoms with Crippen molar-refractivity contribution in [3.05, 3.63) is 0 Å². The molecule has 1 saturated carbocycles. The van der Waals surface area contributed by atoms with E-state index in [-0.39, 0.29) is 11.8 Å². The Morgan fingerprint density at radius 1 is 0.767 bits per heavy atom. The summed E-state index contributed by atoms with van der Waals surface area (Å²) in [6, 6.07) is 0. The summed E-state index contributed by atoms with van der Waals surface area (Å²) in [5.74, 6) is 2.58. The summed E-state index contributed by atoms with van der Waals surface area (Å²) in [6.07, 6.45) is 12.3. The van der Waals surface area contributed by atoms with Gasteiger partial charge in [0.15, 0.2) is 0 Å². The average molecular weight is 418 g/mol. The quantitative estimate of drug-likeness (QED) is 0.702. The highest BCUT2D eigenvalue weighted by molar-refractivity contribution is 5.79. The minimum absolute atomic E-state index is 0.246. The fourth-order valence-corrected chi connectivity index (χ4v) is 6.48. The number of hydrogen-bond donors (Lipinski definition) is 0. The maximum atomic E-state index is 12.9.